The molecule has 0 spiro atoms. The van der Waals surface area contributed by atoms with Gasteiger partial charge in [-0.15, -0.1) is 0 Å². The highest BCUT2D eigenvalue weighted by Crippen LogP contribution is 2.25. The zero-order valence-corrected chi connectivity index (χ0v) is 9.56. The standard InChI is InChI=1S/C12H15N3O/c1-8-5-9(2)14-12(11(8)6-13)15-4-3-10(16)7-15/h5,10,16H,3-4,7H2,1-2H3/t10-/m1/s1. The number of aliphatic hydroxyl groups excluding tert-OH is 1. The van der Waals surface area contributed by atoms with Gasteiger partial charge in [-0.2, -0.15) is 5.26 Å². The molecular weight excluding hydrogens is 202 g/mol. The monoisotopic (exact) mass is 217 g/mol. The van der Waals surface area contributed by atoms with Gasteiger partial charge in [-0.3, -0.25) is 0 Å². The number of aryl methyl sites for hydroxylation is 2. The van der Waals surface area contributed by atoms with Crippen LogP contribution in [0.2, 0.25) is 0 Å². The van der Waals surface area contributed by atoms with E-state index in [9.17, 15) is 5.11 Å². The summed E-state index contributed by atoms with van der Waals surface area (Å²) >= 11 is 0. The van der Waals surface area contributed by atoms with E-state index in [0.717, 1.165) is 30.0 Å². The van der Waals surface area contributed by atoms with Crippen LogP contribution in [0.25, 0.3) is 0 Å². The minimum Gasteiger partial charge on any atom is -0.391 e. The van der Waals surface area contributed by atoms with Crippen molar-refractivity contribution in [1.29, 1.82) is 5.26 Å². The van der Waals surface area contributed by atoms with Crippen LogP contribution in [0.15, 0.2) is 6.07 Å². The van der Waals surface area contributed by atoms with Crippen molar-refractivity contribution in [2.24, 2.45) is 0 Å². The molecule has 2 rings (SSSR count). The number of aromatic nitrogens is 1. The van der Waals surface area contributed by atoms with Gasteiger partial charge in [0.2, 0.25) is 0 Å². The summed E-state index contributed by atoms with van der Waals surface area (Å²) in [6.45, 7) is 5.18. The third kappa shape index (κ3) is 1.86. The molecule has 2 heterocycles. The average molecular weight is 217 g/mol. The number of hydrogen-bond donors (Lipinski definition) is 1. The maximum Gasteiger partial charge on any atom is 0.147 e. The van der Waals surface area contributed by atoms with E-state index in [1.807, 2.05) is 24.8 Å². The summed E-state index contributed by atoms with van der Waals surface area (Å²) in [7, 11) is 0. The summed E-state index contributed by atoms with van der Waals surface area (Å²) in [6.07, 6.45) is 0.452. The van der Waals surface area contributed by atoms with Gasteiger partial charge in [-0.25, -0.2) is 4.98 Å². The summed E-state index contributed by atoms with van der Waals surface area (Å²) in [5, 5.41) is 18.6. The van der Waals surface area contributed by atoms with Gasteiger partial charge >= 0.3 is 0 Å². The lowest BCUT2D eigenvalue weighted by molar-refractivity contribution is 0.198. The molecule has 4 nitrogen and oxygen atoms in total. The van der Waals surface area contributed by atoms with Gasteiger partial charge in [0.15, 0.2) is 0 Å². The summed E-state index contributed by atoms with van der Waals surface area (Å²) in [5.41, 5.74) is 2.49. The Kier molecular flexibility index (Phi) is 2.80. The molecule has 1 aromatic heterocycles. The van der Waals surface area contributed by atoms with Gasteiger partial charge in [0.05, 0.1) is 11.7 Å². The van der Waals surface area contributed by atoms with E-state index in [1.165, 1.54) is 0 Å². The highest BCUT2D eigenvalue weighted by Gasteiger charge is 2.24. The second-order valence-electron chi connectivity index (χ2n) is 4.28. The van der Waals surface area contributed by atoms with Crippen molar-refractivity contribution < 1.29 is 5.11 Å². The van der Waals surface area contributed by atoms with E-state index in [2.05, 4.69) is 11.1 Å². The molecule has 1 aliphatic heterocycles. The highest BCUT2D eigenvalue weighted by molar-refractivity contribution is 5.58. The third-order valence-electron chi connectivity index (χ3n) is 2.90. The Balaban J connectivity index is 2.43. The molecule has 0 bridgehead atoms. The Hall–Kier alpha value is -1.60. The molecule has 84 valence electrons. The molecule has 1 saturated heterocycles. The number of β-amino-alcohol motifs (C(OH)–C–C–N with tert-alkyl or cyclic N) is 1. The lowest BCUT2D eigenvalue weighted by atomic mass is 10.1. The zero-order valence-electron chi connectivity index (χ0n) is 9.56. The molecule has 0 saturated carbocycles. The molecule has 4 heteroatoms. The van der Waals surface area contributed by atoms with Crippen LogP contribution in [0.5, 0.6) is 0 Å². The third-order valence-corrected chi connectivity index (χ3v) is 2.90. The molecule has 16 heavy (non-hydrogen) atoms. The molecule has 1 aliphatic rings. The van der Waals surface area contributed by atoms with E-state index < -0.39 is 0 Å². The molecule has 1 atom stereocenters. The first-order chi connectivity index (χ1) is 7.61. The normalized spacial score (nSPS) is 19.9. The van der Waals surface area contributed by atoms with E-state index >= 15 is 0 Å². The number of rotatable bonds is 1. The lowest BCUT2D eigenvalue weighted by Crippen LogP contribution is -2.23. The van der Waals surface area contributed by atoms with Crippen molar-refractivity contribution >= 4 is 5.82 Å². The van der Waals surface area contributed by atoms with Crippen LogP contribution in [-0.2, 0) is 0 Å². The van der Waals surface area contributed by atoms with Crippen LogP contribution in [0.1, 0.15) is 23.2 Å². The summed E-state index contributed by atoms with van der Waals surface area (Å²) < 4.78 is 0. The van der Waals surface area contributed by atoms with Gasteiger partial charge in [-0.05, 0) is 31.9 Å². The van der Waals surface area contributed by atoms with E-state index in [1.54, 1.807) is 0 Å². The minimum absolute atomic E-state index is 0.297. The topological polar surface area (TPSA) is 60.2 Å². The number of aliphatic hydroxyl groups is 1. The molecule has 0 amide bonds. The predicted octanol–water partition coefficient (Wildman–Crippen LogP) is 1.14. The number of hydrogen-bond acceptors (Lipinski definition) is 4. The molecule has 1 fully saturated rings. The van der Waals surface area contributed by atoms with Crippen LogP contribution in [-0.4, -0.2) is 29.3 Å². The first-order valence-corrected chi connectivity index (χ1v) is 5.43. The van der Waals surface area contributed by atoms with Gasteiger partial charge < -0.3 is 10.0 Å². The summed E-state index contributed by atoms with van der Waals surface area (Å²) in [5.74, 6) is 0.719. The Morgan fingerprint density at radius 2 is 2.31 bits per heavy atom. The quantitative estimate of drug-likeness (QED) is 0.766. The molecule has 0 radical (unpaired) electrons. The fourth-order valence-corrected chi connectivity index (χ4v) is 2.12. The largest absolute Gasteiger partial charge is 0.391 e. The minimum atomic E-state index is -0.297. The lowest BCUT2D eigenvalue weighted by Gasteiger charge is -2.19. The van der Waals surface area contributed by atoms with Crippen molar-refractivity contribution in [2.75, 3.05) is 18.0 Å². The fraction of sp³-hybridized carbons (Fsp3) is 0.500. The molecule has 1 N–H and O–H groups in total. The number of nitrogens with zero attached hydrogens (tertiary/aromatic N) is 3. The van der Waals surface area contributed by atoms with Gasteiger partial charge in [-0.1, -0.05) is 0 Å². The fourth-order valence-electron chi connectivity index (χ4n) is 2.12. The first-order valence-electron chi connectivity index (χ1n) is 5.43. The smallest absolute Gasteiger partial charge is 0.147 e. The van der Waals surface area contributed by atoms with E-state index in [0.29, 0.717) is 12.1 Å². The second kappa shape index (κ2) is 4.11. The van der Waals surface area contributed by atoms with Crippen LogP contribution < -0.4 is 4.90 Å². The first kappa shape index (κ1) is 10.9. The van der Waals surface area contributed by atoms with Crippen LogP contribution in [0, 0.1) is 25.2 Å². The van der Waals surface area contributed by atoms with Crippen molar-refractivity contribution in [1.82, 2.24) is 4.98 Å². The Labute approximate surface area is 95.1 Å². The van der Waals surface area contributed by atoms with Crippen molar-refractivity contribution in [3.05, 3.63) is 22.9 Å². The Bertz CT molecular complexity index is 450. The molecule has 0 aromatic carbocycles. The van der Waals surface area contributed by atoms with Gasteiger partial charge in [0, 0.05) is 18.8 Å². The van der Waals surface area contributed by atoms with E-state index in [4.69, 9.17) is 5.26 Å². The van der Waals surface area contributed by atoms with Crippen molar-refractivity contribution in [3.63, 3.8) is 0 Å². The van der Waals surface area contributed by atoms with Crippen LogP contribution in [0.4, 0.5) is 5.82 Å². The number of anilines is 1. The number of pyridine rings is 1. The Morgan fingerprint density at radius 3 is 2.88 bits per heavy atom. The molecule has 1 aromatic rings. The van der Waals surface area contributed by atoms with Crippen molar-refractivity contribution in [3.8, 4) is 6.07 Å². The Morgan fingerprint density at radius 1 is 1.56 bits per heavy atom. The summed E-state index contributed by atoms with van der Waals surface area (Å²) in [4.78, 5) is 6.40. The van der Waals surface area contributed by atoms with Crippen LogP contribution in [0.3, 0.4) is 0 Å². The average Bonchev–Trinajstić information content (AvgIpc) is 2.63. The highest BCUT2D eigenvalue weighted by atomic mass is 16.3. The molecule has 0 aliphatic carbocycles. The summed E-state index contributed by atoms with van der Waals surface area (Å²) in [6, 6.07) is 4.11. The van der Waals surface area contributed by atoms with Gasteiger partial charge in [0.1, 0.15) is 11.9 Å². The molecular formula is C12H15N3O. The van der Waals surface area contributed by atoms with Crippen molar-refractivity contribution in [2.45, 2.75) is 26.4 Å². The maximum atomic E-state index is 9.51. The number of nitriles is 1. The van der Waals surface area contributed by atoms with E-state index in [-0.39, 0.29) is 6.10 Å². The molecule has 0 unspecified atom stereocenters. The SMILES string of the molecule is Cc1cc(C)c(C#N)c(N2CC[C@@H](O)C2)n1. The second-order valence-corrected chi connectivity index (χ2v) is 4.28. The van der Waals surface area contributed by atoms with Gasteiger partial charge in [0.25, 0.3) is 0 Å². The maximum absolute atomic E-state index is 9.51. The zero-order chi connectivity index (χ0) is 11.7. The van der Waals surface area contributed by atoms with Crippen LogP contribution >= 0.6 is 0 Å². The predicted molar refractivity (Wildman–Crippen MR) is 61.3 cm³/mol.